The smallest absolute Gasteiger partial charge is 0.104 e. The molecule has 1 heterocycles. The third-order valence-electron chi connectivity index (χ3n) is 3.93. The van der Waals surface area contributed by atoms with E-state index in [9.17, 15) is 0 Å². The molecule has 0 aromatic rings. The van der Waals surface area contributed by atoms with E-state index >= 15 is 0 Å². The Morgan fingerprint density at radius 1 is 1.13 bits per heavy atom. The van der Waals surface area contributed by atoms with Crippen molar-refractivity contribution in [3.8, 4) is 0 Å². The lowest BCUT2D eigenvalue weighted by Gasteiger charge is -2.22. The number of hydrogen-bond donors (Lipinski definition) is 0. The highest BCUT2D eigenvalue weighted by atomic mass is 16.5. The molecule has 0 spiro atoms. The summed E-state index contributed by atoms with van der Waals surface area (Å²) in [5, 5.41) is 0. The highest BCUT2D eigenvalue weighted by Crippen LogP contribution is 2.18. The van der Waals surface area contributed by atoms with Crippen molar-refractivity contribution in [3.05, 3.63) is 72.9 Å². The lowest BCUT2D eigenvalue weighted by Crippen LogP contribution is -2.27. The van der Waals surface area contributed by atoms with Gasteiger partial charge in [0.1, 0.15) is 6.10 Å². The van der Waals surface area contributed by atoms with Gasteiger partial charge in [-0.3, -0.25) is 0 Å². The second-order valence-electron chi connectivity index (χ2n) is 5.73. The van der Waals surface area contributed by atoms with Crippen molar-refractivity contribution in [2.45, 2.75) is 32.8 Å². The van der Waals surface area contributed by atoms with Gasteiger partial charge in [0.2, 0.25) is 0 Å². The molecule has 1 unspecified atom stereocenters. The minimum atomic E-state index is -0.0548. The van der Waals surface area contributed by atoms with Crippen molar-refractivity contribution in [2.75, 3.05) is 26.2 Å². The molecule has 0 amide bonds. The van der Waals surface area contributed by atoms with Crippen molar-refractivity contribution >= 4 is 0 Å². The summed E-state index contributed by atoms with van der Waals surface area (Å²) in [5.41, 5.74) is 2.26. The van der Waals surface area contributed by atoms with Gasteiger partial charge in [0.15, 0.2) is 0 Å². The van der Waals surface area contributed by atoms with Crippen LogP contribution in [0.2, 0.25) is 0 Å². The molecule has 0 aromatic carbocycles. The number of rotatable bonds is 10. The second kappa shape index (κ2) is 11.9. The first-order valence-electron chi connectivity index (χ1n) is 8.48. The van der Waals surface area contributed by atoms with Gasteiger partial charge in [0.05, 0.1) is 6.61 Å². The standard InChI is InChI=1S/C21H31NO/c1-5-8-10-13-19(4)21(20(7-3)14-9-6-2)23-18-17-22-15-11-12-16-22/h5-10,13-14,21H,1,3,11-12,15-18H2,2,4H3/b9-6-,10-8?,19-13+,20-14+. The zero-order valence-electron chi connectivity index (χ0n) is 14.7. The zero-order chi connectivity index (χ0) is 16.9. The minimum absolute atomic E-state index is 0.0548. The fraction of sp³-hybridized carbons (Fsp3) is 0.429. The SMILES string of the molecule is C=CC=C/C=C(\C)C(OCCN1CCCC1)/C(C=C)=C/C=C\C. The van der Waals surface area contributed by atoms with Crippen molar-refractivity contribution < 1.29 is 4.74 Å². The summed E-state index contributed by atoms with van der Waals surface area (Å²) in [6.07, 6.45) is 18.3. The first-order valence-corrected chi connectivity index (χ1v) is 8.48. The molecular weight excluding hydrogens is 282 g/mol. The molecule has 0 N–H and O–H groups in total. The average molecular weight is 313 g/mol. The maximum Gasteiger partial charge on any atom is 0.104 e. The number of nitrogens with zero attached hydrogens (tertiary/aromatic N) is 1. The molecule has 0 aliphatic carbocycles. The van der Waals surface area contributed by atoms with Gasteiger partial charge < -0.3 is 9.64 Å². The Bertz CT molecular complexity index is 476. The van der Waals surface area contributed by atoms with Gasteiger partial charge in [0.25, 0.3) is 0 Å². The van der Waals surface area contributed by atoms with Crippen LogP contribution in [0.3, 0.4) is 0 Å². The Hall–Kier alpha value is -1.64. The van der Waals surface area contributed by atoms with Crippen molar-refractivity contribution in [1.29, 1.82) is 0 Å². The summed E-state index contributed by atoms with van der Waals surface area (Å²) < 4.78 is 6.20. The normalized spacial score (nSPS) is 18.9. The van der Waals surface area contributed by atoms with Gasteiger partial charge in [-0.1, -0.05) is 61.8 Å². The highest BCUT2D eigenvalue weighted by molar-refractivity contribution is 5.34. The van der Waals surface area contributed by atoms with Gasteiger partial charge in [-0.2, -0.15) is 0 Å². The molecule has 2 heteroatoms. The highest BCUT2D eigenvalue weighted by Gasteiger charge is 2.16. The van der Waals surface area contributed by atoms with E-state index < -0.39 is 0 Å². The van der Waals surface area contributed by atoms with Gasteiger partial charge in [-0.25, -0.2) is 0 Å². The first-order chi connectivity index (χ1) is 11.2. The van der Waals surface area contributed by atoms with Crippen LogP contribution in [0.4, 0.5) is 0 Å². The predicted molar refractivity (Wildman–Crippen MR) is 102 cm³/mol. The van der Waals surface area contributed by atoms with E-state index in [1.54, 1.807) is 6.08 Å². The van der Waals surface area contributed by atoms with E-state index in [-0.39, 0.29) is 6.10 Å². The first kappa shape index (κ1) is 19.4. The van der Waals surface area contributed by atoms with E-state index in [0.29, 0.717) is 0 Å². The number of allylic oxidation sites excluding steroid dienone is 7. The van der Waals surface area contributed by atoms with E-state index in [0.717, 1.165) is 18.7 Å². The van der Waals surface area contributed by atoms with Crippen LogP contribution in [0, 0.1) is 0 Å². The molecule has 1 saturated heterocycles. The Balaban J connectivity index is 2.76. The Labute approximate surface area is 142 Å². The van der Waals surface area contributed by atoms with Crippen molar-refractivity contribution in [2.24, 2.45) is 0 Å². The molecule has 2 nitrogen and oxygen atoms in total. The summed E-state index contributed by atoms with van der Waals surface area (Å²) in [7, 11) is 0. The van der Waals surface area contributed by atoms with E-state index in [1.807, 2.05) is 37.3 Å². The number of likely N-dealkylation sites (tertiary alicyclic amines) is 1. The molecule has 23 heavy (non-hydrogen) atoms. The Morgan fingerprint density at radius 3 is 2.48 bits per heavy atom. The average Bonchev–Trinajstić information content (AvgIpc) is 3.07. The fourth-order valence-electron chi connectivity index (χ4n) is 2.64. The summed E-state index contributed by atoms with van der Waals surface area (Å²) >= 11 is 0. The maximum absolute atomic E-state index is 6.20. The van der Waals surface area contributed by atoms with Crippen LogP contribution >= 0.6 is 0 Å². The molecule has 1 aliphatic heterocycles. The van der Waals surface area contributed by atoms with Crippen LogP contribution in [0.1, 0.15) is 26.7 Å². The molecule has 1 fully saturated rings. The van der Waals surface area contributed by atoms with Gasteiger partial charge in [0, 0.05) is 6.54 Å². The largest absolute Gasteiger partial charge is 0.368 e. The predicted octanol–water partition coefficient (Wildman–Crippen LogP) is 4.84. The van der Waals surface area contributed by atoms with Gasteiger partial charge in [-0.15, -0.1) is 0 Å². The molecule has 0 aromatic heterocycles. The van der Waals surface area contributed by atoms with E-state index in [4.69, 9.17) is 4.74 Å². The Kier molecular flexibility index (Phi) is 10.0. The summed E-state index contributed by atoms with van der Waals surface area (Å²) in [6, 6.07) is 0. The van der Waals surface area contributed by atoms with Crippen LogP contribution in [0.15, 0.2) is 72.9 Å². The number of ether oxygens (including phenoxy) is 1. The second-order valence-corrected chi connectivity index (χ2v) is 5.73. The summed E-state index contributed by atoms with van der Waals surface area (Å²) in [4.78, 5) is 2.47. The minimum Gasteiger partial charge on any atom is -0.368 e. The summed E-state index contributed by atoms with van der Waals surface area (Å²) in [5.74, 6) is 0. The van der Waals surface area contributed by atoms with Crippen LogP contribution in [-0.2, 0) is 4.74 Å². The van der Waals surface area contributed by atoms with Crippen LogP contribution in [-0.4, -0.2) is 37.2 Å². The molecular formula is C21H31NO. The zero-order valence-corrected chi connectivity index (χ0v) is 14.7. The Morgan fingerprint density at radius 2 is 1.87 bits per heavy atom. The molecule has 0 saturated carbocycles. The van der Waals surface area contributed by atoms with Gasteiger partial charge >= 0.3 is 0 Å². The van der Waals surface area contributed by atoms with Crippen LogP contribution < -0.4 is 0 Å². The molecule has 1 aliphatic rings. The topological polar surface area (TPSA) is 12.5 Å². The van der Waals surface area contributed by atoms with Crippen LogP contribution in [0.5, 0.6) is 0 Å². The third kappa shape index (κ3) is 7.45. The lowest BCUT2D eigenvalue weighted by atomic mass is 10.0. The quantitative estimate of drug-likeness (QED) is 0.535. The van der Waals surface area contributed by atoms with Crippen molar-refractivity contribution in [1.82, 2.24) is 4.90 Å². The fourth-order valence-corrected chi connectivity index (χ4v) is 2.64. The van der Waals surface area contributed by atoms with Crippen LogP contribution in [0.25, 0.3) is 0 Å². The lowest BCUT2D eigenvalue weighted by molar-refractivity contribution is 0.0842. The molecule has 1 rings (SSSR count). The molecule has 0 bridgehead atoms. The third-order valence-corrected chi connectivity index (χ3v) is 3.93. The molecule has 1 atom stereocenters. The maximum atomic E-state index is 6.20. The monoisotopic (exact) mass is 313 g/mol. The number of hydrogen-bond acceptors (Lipinski definition) is 2. The van der Waals surface area contributed by atoms with E-state index in [1.165, 1.54) is 31.5 Å². The molecule has 0 radical (unpaired) electrons. The van der Waals surface area contributed by atoms with Crippen molar-refractivity contribution in [3.63, 3.8) is 0 Å². The van der Waals surface area contributed by atoms with Gasteiger partial charge in [-0.05, 0) is 50.9 Å². The summed E-state index contributed by atoms with van der Waals surface area (Å²) in [6.45, 7) is 15.9. The molecule has 126 valence electrons. The van der Waals surface area contributed by atoms with E-state index in [2.05, 4.69) is 37.1 Å².